The summed E-state index contributed by atoms with van der Waals surface area (Å²) < 4.78 is 34.9. The molecule has 2 unspecified atom stereocenters. The van der Waals surface area contributed by atoms with Gasteiger partial charge in [-0.3, -0.25) is 13.6 Å². The molecule has 0 aromatic carbocycles. The Bertz CT molecular complexity index is 1270. The van der Waals surface area contributed by atoms with E-state index in [2.05, 4.69) is 40.6 Å². The molecule has 4 heterocycles. The van der Waals surface area contributed by atoms with E-state index in [-0.39, 0.29) is 23.4 Å². The lowest BCUT2D eigenvalue weighted by atomic mass is 9.90. The van der Waals surface area contributed by atoms with E-state index in [1.54, 1.807) is 0 Å². The van der Waals surface area contributed by atoms with Crippen LogP contribution in [-0.4, -0.2) is 159 Å². The van der Waals surface area contributed by atoms with Crippen LogP contribution >= 0.6 is 7.82 Å². The molecule has 2 aliphatic heterocycles. The maximum atomic E-state index is 12.5. The Hall–Kier alpha value is -1.94. The molecule has 19 nitrogen and oxygen atoms in total. The predicted molar refractivity (Wildman–Crippen MR) is 160 cm³/mol. The predicted octanol–water partition coefficient (Wildman–Crippen LogP) is -2.51. The molecule has 0 spiro atoms. The van der Waals surface area contributed by atoms with Gasteiger partial charge in [0.2, 0.25) is 0 Å². The summed E-state index contributed by atoms with van der Waals surface area (Å²) >= 11 is 0. The summed E-state index contributed by atoms with van der Waals surface area (Å²) in [5, 5.41) is 70.2. The molecule has 46 heavy (non-hydrogen) atoms. The van der Waals surface area contributed by atoms with Crippen molar-refractivity contribution in [1.82, 2.24) is 24.4 Å². The van der Waals surface area contributed by atoms with E-state index in [1.165, 1.54) is 43.8 Å². The smallest absolute Gasteiger partial charge is 0.394 e. The van der Waals surface area contributed by atoms with Crippen molar-refractivity contribution < 1.29 is 63.7 Å². The quantitative estimate of drug-likeness (QED) is 0.0986. The van der Waals surface area contributed by atoms with Crippen molar-refractivity contribution in [2.45, 2.75) is 101 Å². The van der Waals surface area contributed by atoms with Gasteiger partial charge in [-0.25, -0.2) is 19.5 Å². The fourth-order valence-corrected chi connectivity index (χ4v) is 6.15. The lowest BCUT2D eigenvalue weighted by Crippen LogP contribution is -2.61. The molecule has 2 aromatic heterocycles. The van der Waals surface area contributed by atoms with Crippen molar-refractivity contribution in [3.8, 4) is 0 Å². The van der Waals surface area contributed by atoms with E-state index in [0.717, 1.165) is 0 Å². The van der Waals surface area contributed by atoms with Gasteiger partial charge in [-0.15, -0.1) is 0 Å². The molecule has 0 saturated carbocycles. The Morgan fingerprint density at radius 3 is 2.20 bits per heavy atom. The number of rotatable bonds is 13. The molecule has 0 radical (unpaired) electrons. The summed E-state index contributed by atoms with van der Waals surface area (Å²) in [6, 6.07) is 0. The zero-order chi connectivity index (χ0) is 34.3. The topological polar surface area (TPSA) is 289 Å². The third-order valence-corrected chi connectivity index (χ3v) is 9.04. The lowest BCUT2D eigenvalue weighted by molar-refractivity contribution is -0.249. The molecule has 2 aromatic rings. The Kier molecular flexibility index (Phi) is 14.2. The zero-order valence-corrected chi connectivity index (χ0v) is 27.0. The minimum absolute atomic E-state index is 0.0936. The summed E-state index contributed by atoms with van der Waals surface area (Å²) in [6.45, 7) is 10.0. The normalized spacial score (nSPS) is 32.6. The molecular weight excluding hydrogens is 635 g/mol. The van der Waals surface area contributed by atoms with Crippen LogP contribution in [0.25, 0.3) is 11.2 Å². The second-order valence-electron chi connectivity index (χ2n) is 11.0. The summed E-state index contributed by atoms with van der Waals surface area (Å²) in [4.78, 5) is 24.5. The number of phosphoric acid groups is 1. The molecule has 0 amide bonds. The number of nitrogens with zero attached hydrogens (tertiary/aromatic N) is 5. The number of anilines is 1. The van der Waals surface area contributed by atoms with Crippen molar-refractivity contribution in [3.05, 3.63) is 12.7 Å². The van der Waals surface area contributed by atoms with Gasteiger partial charge in [0.25, 0.3) is 0 Å². The van der Waals surface area contributed by atoms with Gasteiger partial charge >= 0.3 is 7.82 Å². The van der Waals surface area contributed by atoms with Gasteiger partial charge < -0.3 is 60.7 Å². The number of ether oxygens (including phenoxy) is 2. The molecular formula is C26H47N6O13P. The first-order valence-corrected chi connectivity index (χ1v) is 16.5. The average Bonchev–Trinajstić information content (AvgIpc) is 3.58. The Morgan fingerprint density at radius 1 is 0.978 bits per heavy atom. The molecule has 0 aliphatic carbocycles. The highest BCUT2D eigenvalue weighted by molar-refractivity contribution is 7.47. The van der Waals surface area contributed by atoms with Crippen LogP contribution in [0.3, 0.4) is 0 Å². The Labute approximate surface area is 265 Å². The Balaban J connectivity index is 0.000000738. The summed E-state index contributed by atoms with van der Waals surface area (Å²) in [7, 11) is -4.80. The lowest BCUT2D eigenvalue weighted by Gasteiger charge is -2.42. The molecule has 264 valence electrons. The number of hydrogen-bond acceptors (Lipinski definition) is 17. The van der Waals surface area contributed by atoms with E-state index >= 15 is 0 Å². The van der Waals surface area contributed by atoms with Crippen molar-refractivity contribution in [1.29, 1.82) is 0 Å². The number of fused-ring (bicyclic) bond motifs is 1. The van der Waals surface area contributed by atoms with Gasteiger partial charge in [-0.05, 0) is 26.6 Å². The third-order valence-electron chi connectivity index (χ3n) is 7.93. The maximum absolute atomic E-state index is 12.5. The average molecular weight is 683 g/mol. The van der Waals surface area contributed by atoms with Gasteiger partial charge in [0.1, 0.15) is 60.7 Å². The standard InChI is InChI=1S/C20H32N5O13P.C6H15N/c1-7(2-9-12(28)14(30)15(31)17(36-9)8(27)3-26)38-39(33,34)35-4-10-13(29)16(32)20(37-10)25-6-24-11-18(21)22-5-23-19(11)25;1-4-7(5-2)6-3/h5-10,12-17,20,26-32H,2-4H2,1H3,(H,33,34)(H2,21,22,23);4-6H2,1-3H3/t7-,8+,9?,10+,12+,13+,14+,15-,16+,17+,20+;/m0./s1. The van der Waals surface area contributed by atoms with Crippen molar-refractivity contribution in [2.24, 2.45) is 0 Å². The monoisotopic (exact) mass is 682 g/mol. The highest BCUT2D eigenvalue weighted by Crippen LogP contribution is 2.46. The molecule has 4 rings (SSSR count). The van der Waals surface area contributed by atoms with Gasteiger partial charge in [0.05, 0.1) is 31.7 Å². The van der Waals surface area contributed by atoms with Gasteiger partial charge in [0.15, 0.2) is 17.7 Å². The van der Waals surface area contributed by atoms with Crippen molar-refractivity contribution in [3.63, 3.8) is 0 Å². The SMILES string of the molecule is CCN(CC)CC.C[C@@H](CC1O[C@H]([C@H](O)CO)[C@@H](O)[C@H](O)[C@@H]1O)OP(=O)(O)OC[C@H]1O[C@@H](n2cnc3c(N)ncnc32)[C@H](O)[C@@H]1O. The minimum Gasteiger partial charge on any atom is -0.394 e. The number of imidazole rings is 1. The van der Waals surface area contributed by atoms with E-state index in [9.17, 15) is 40.1 Å². The van der Waals surface area contributed by atoms with Crippen LogP contribution in [0.2, 0.25) is 0 Å². The van der Waals surface area contributed by atoms with Crippen LogP contribution in [-0.2, 0) is 23.1 Å². The molecule has 2 fully saturated rings. The summed E-state index contributed by atoms with van der Waals surface area (Å²) in [5.74, 6) is 0.0936. The molecule has 10 N–H and O–H groups in total. The van der Waals surface area contributed by atoms with Crippen molar-refractivity contribution >= 4 is 24.8 Å². The number of nitrogens with two attached hydrogens (primary N) is 1. The summed E-state index contributed by atoms with van der Waals surface area (Å²) in [5.41, 5.74) is 6.23. The molecule has 0 bridgehead atoms. The highest BCUT2D eigenvalue weighted by atomic mass is 31.2. The van der Waals surface area contributed by atoms with Crippen LogP contribution in [0.15, 0.2) is 12.7 Å². The highest BCUT2D eigenvalue weighted by Gasteiger charge is 2.48. The largest absolute Gasteiger partial charge is 0.472 e. The number of nitrogen functional groups attached to an aromatic ring is 1. The second kappa shape index (κ2) is 16.9. The molecule has 12 atom stereocenters. The van der Waals surface area contributed by atoms with Gasteiger partial charge in [-0.2, -0.15) is 0 Å². The second-order valence-corrected chi connectivity index (χ2v) is 12.4. The third kappa shape index (κ3) is 9.14. The maximum Gasteiger partial charge on any atom is 0.472 e. The van der Waals surface area contributed by atoms with E-state index in [4.69, 9.17) is 29.4 Å². The van der Waals surface area contributed by atoms with Crippen LogP contribution < -0.4 is 5.73 Å². The minimum atomic E-state index is -4.80. The van der Waals surface area contributed by atoms with Crippen molar-refractivity contribution in [2.75, 3.05) is 38.6 Å². The number of aliphatic hydroxyl groups excluding tert-OH is 7. The first kappa shape index (κ1) is 38.5. The van der Waals surface area contributed by atoms with Crippen LogP contribution in [0.5, 0.6) is 0 Å². The van der Waals surface area contributed by atoms with Gasteiger partial charge in [0, 0.05) is 6.42 Å². The van der Waals surface area contributed by atoms with Crippen LogP contribution in [0.4, 0.5) is 5.82 Å². The summed E-state index contributed by atoms with van der Waals surface area (Å²) in [6.07, 6.45) is -13.7. The fourth-order valence-electron chi connectivity index (χ4n) is 5.22. The van der Waals surface area contributed by atoms with E-state index in [1.807, 2.05) is 0 Å². The molecule has 2 aliphatic rings. The van der Waals surface area contributed by atoms with Crippen LogP contribution in [0.1, 0.15) is 40.3 Å². The number of aliphatic hydroxyl groups is 7. The number of phosphoric ester groups is 1. The van der Waals surface area contributed by atoms with E-state index < -0.39 is 88.3 Å². The molecule has 20 heteroatoms. The Morgan fingerprint density at radius 2 is 1.61 bits per heavy atom. The van der Waals surface area contributed by atoms with Gasteiger partial charge in [-0.1, -0.05) is 20.8 Å². The first-order valence-electron chi connectivity index (χ1n) is 15.0. The number of aromatic nitrogens is 4. The van der Waals surface area contributed by atoms with E-state index in [0.29, 0.717) is 0 Å². The molecule has 2 saturated heterocycles. The fraction of sp³-hybridized carbons (Fsp3) is 0.808. The van der Waals surface area contributed by atoms with Crippen LogP contribution in [0, 0.1) is 0 Å². The first-order chi connectivity index (χ1) is 21.7. The zero-order valence-electron chi connectivity index (χ0n) is 26.1. The number of hydrogen-bond donors (Lipinski definition) is 9.